The van der Waals surface area contributed by atoms with E-state index in [2.05, 4.69) is 25.7 Å². The Morgan fingerprint density at radius 3 is 2.23 bits per heavy atom. The maximum absolute atomic E-state index is 11.5. The molecule has 8 heteroatoms. The number of aromatic nitrogens is 5. The van der Waals surface area contributed by atoms with Gasteiger partial charge >= 0.3 is 0 Å². The van der Waals surface area contributed by atoms with Gasteiger partial charge in [0.1, 0.15) is 17.1 Å². The summed E-state index contributed by atoms with van der Waals surface area (Å²) >= 11 is 0. The van der Waals surface area contributed by atoms with Gasteiger partial charge in [0, 0.05) is 27.1 Å². The maximum atomic E-state index is 11.5. The Bertz CT molecular complexity index is 948. The van der Waals surface area contributed by atoms with Crippen molar-refractivity contribution < 1.29 is 13.8 Å². The van der Waals surface area contributed by atoms with Crippen molar-refractivity contribution in [3.8, 4) is 22.5 Å². The van der Waals surface area contributed by atoms with Crippen LogP contribution in [0.5, 0.6) is 0 Å². The number of pyridine rings is 1. The van der Waals surface area contributed by atoms with Crippen LogP contribution >= 0.6 is 0 Å². The number of hydrogen-bond donors (Lipinski definition) is 0. The van der Waals surface area contributed by atoms with E-state index in [0.29, 0.717) is 34.3 Å². The number of nitrogens with zero attached hydrogens (tertiary/aromatic N) is 5. The van der Waals surface area contributed by atoms with Gasteiger partial charge in [-0.3, -0.25) is 4.79 Å². The van der Waals surface area contributed by atoms with Crippen molar-refractivity contribution in [1.82, 2.24) is 25.7 Å². The second-order valence-corrected chi connectivity index (χ2v) is 4.46. The summed E-state index contributed by atoms with van der Waals surface area (Å²) in [7, 11) is 0. The van der Waals surface area contributed by atoms with E-state index in [0.717, 1.165) is 5.39 Å². The van der Waals surface area contributed by atoms with Gasteiger partial charge in [0.2, 0.25) is 0 Å². The van der Waals surface area contributed by atoms with Crippen LogP contribution in [0.25, 0.3) is 33.4 Å². The molecular formula is C14H7N5O3. The first kappa shape index (κ1) is 12.3. The quantitative estimate of drug-likeness (QED) is 0.529. The number of fused-ring (bicyclic) bond motifs is 1. The molecule has 0 fully saturated rings. The number of para-hydroxylation sites is 1. The van der Waals surface area contributed by atoms with E-state index >= 15 is 0 Å². The topological polar surface area (TPSA) is 108 Å². The Labute approximate surface area is 122 Å². The number of benzene rings is 1. The fourth-order valence-corrected chi connectivity index (χ4v) is 2.39. The molecule has 0 unspecified atom stereocenters. The number of aldehydes is 1. The lowest BCUT2D eigenvalue weighted by Gasteiger charge is -2.10. The van der Waals surface area contributed by atoms with Gasteiger partial charge in [0.15, 0.2) is 18.8 Å². The van der Waals surface area contributed by atoms with Gasteiger partial charge in [0.25, 0.3) is 0 Å². The summed E-state index contributed by atoms with van der Waals surface area (Å²) in [6.45, 7) is 0. The molecule has 3 aromatic heterocycles. The maximum Gasteiger partial charge on any atom is 0.169 e. The van der Waals surface area contributed by atoms with Gasteiger partial charge in [-0.1, -0.05) is 18.2 Å². The predicted molar refractivity (Wildman–Crippen MR) is 73.7 cm³/mol. The minimum absolute atomic E-state index is 0.215. The van der Waals surface area contributed by atoms with Gasteiger partial charge in [0.05, 0.1) is 5.52 Å². The fourth-order valence-electron chi connectivity index (χ4n) is 2.39. The second-order valence-electron chi connectivity index (χ2n) is 4.46. The van der Waals surface area contributed by atoms with E-state index in [-0.39, 0.29) is 5.69 Å². The van der Waals surface area contributed by atoms with Crippen LogP contribution in [0, 0.1) is 0 Å². The zero-order valence-corrected chi connectivity index (χ0v) is 11.0. The lowest BCUT2D eigenvalue weighted by molar-refractivity contribution is 0.112. The molecule has 1 aromatic carbocycles. The number of carbonyl (C=O) groups excluding carboxylic acids is 1. The van der Waals surface area contributed by atoms with E-state index in [4.69, 9.17) is 9.05 Å². The lowest BCUT2D eigenvalue weighted by Crippen LogP contribution is -1.99. The summed E-state index contributed by atoms with van der Waals surface area (Å²) in [4.78, 5) is 15.9. The minimum atomic E-state index is 0.215. The highest BCUT2D eigenvalue weighted by molar-refractivity contribution is 6.05. The van der Waals surface area contributed by atoms with Crippen molar-refractivity contribution in [3.05, 3.63) is 42.5 Å². The molecule has 0 aliphatic heterocycles. The summed E-state index contributed by atoms with van der Waals surface area (Å²) in [6, 6.07) is 7.39. The molecule has 0 amide bonds. The molecule has 106 valence electrons. The van der Waals surface area contributed by atoms with Crippen LogP contribution in [0.15, 0.2) is 45.8 Å². The molecule has 4 rings (SSSR count). The van der Waals surface area contributed by atoms with E-state index in [9.17, 15) is 4.79 Å². The minimum Gasteiger partial charge on any atom is -0.345 e. The summed E-state index contributed by atoms with van der Waals surface area (Å²) in [5.74, 6) is 0. The average molecular weight is 293 g/mol. The van der Waals surface area contributed by atoms with Crippen molar-refractivity contribution >= 4 is 17.2 Å². The zero-order valence-electron chi connectivity index (χ0n) is 11.0. The van der Waals surface area contributed by atoms with Crippen molar-refractivity contribution in [3.63, 3.8) is 0 Å². The molecule has 0 aliphatic rings. The molecule has 22 heavy (non-hydrogen) atoms. The van der Waals surface area contributed by atoms with Crippen molar-refractivity contribution in [1.29, 1.82) is 0 Å². The zero-order chi connectivity index (χ0) is 14.9. The first-order valence-electron chi connectivity index (χ1n) is 6.31. The Morgan fingerprint density at radius 1 is 0.909 bits per heavy atom. The molecular weight excluding hydrogens is 286 g/mol. The highest BCUT2D eigenvalue weighted by Gasteiger charge is 2.22. The van der Waals surface area contributed by atoms with E-state index < -0.39 is 0 Å². The average Bonchev–Trinajstić information content (AvgIpc) is 3.26. The van der Waals surface area contributed by atoms with Crippen molar-refractivity contribution in [2.24, 2.45) is 0 Å². The molecule has 0 saturated heterocycles. The predicted octanol–water partition coefficient (Wildman–Crippen LogP) is 2.15. The largest absolute Gasteiger partial charge is 0.345 e. The first-order chi connectivity index (χ1) is 10.9. The van der Waals surface area contributed by atoms with Crippen LogP contribution in [-0.2, 0) is 0 Å². The van der Waals surface area contributed by atoms with Crippen LogP contribution in [-0.4, -0.2) is 32.0 Å². The number of hydrogen-bond acceptors (Lipinski definition) is 8. The lowest BCUT2D eigenvalue weighted by atomic mass is 9.96. The summed E-state index contributed by atoms with van der Waals surface area (Å²) in [5.41, 5.74) is 2.85. The third-order valence-electron chi connectivity index (χ3n) is 3.26. The molecule has 3 heterocycles. The third-order valence-corrected chi connectivity index (χ3v) is 3.26. The van der Waals surface area contributed by atoms with E-state index in [1.165, 1.54) is 12.5 Å². The standard InChI is InChI=1S/C14H7N5O3/c20-5-10-14(12-7-22-19-17-12)13(11-6-21-18-16-11)8-3-1-2-4-9(8)15-10/h1-7H. The molecule has 0 radical (unpaired) electrons. The molecule has 0 N–H and O–H groups in total. The molecule has 8 nitrogen and oxygen atoms in total. The fraction of sp³-hybridized carbons (Fsp3) is 0. The smallest absolute Gasteiger partial charge is 0.169 e. The van der Waals surface area contributed by atoms with E-state index in [1.807, 2.05) is 24.3 Å². The molecule has 0 atom stereocenters. The molecule has 0 bridgehead atoms. The van der Waals surface area contributed by atoms with Crippen LogP contribution in [0.1, 0.15) is 10.5 Å². The normalized spacial score (nSPS) is 10.9. The highest BCUT2D eigenvalue weighted by atomic mass is 16.5. The van der Waals surface area contributed by atoms with Crippen LogP contribution < -0.4 is 0 Å². The summed E-state index contributed by atoms with van der Waals surface area (Å²) in [6.07, 6.45) is 3.40. The van der Waals surface area contributed by atoms with Gasteiger partial charge in [-0.25, -0.2) is 4.98 Å². The van der Waals surface area contributed by atoms with Gasteiger partial charge in [-0.05, 0) is 6.07 Å². The second kappa shape index (κ2) is 4.85. The molecule has 4 aromatic rings. The first-order valence-corrected chi connectivity index (χ1v) is 6.31. The van der Waals surface area contributed by atoms with Gasteiger partial charge < -0.3 is 9.05 Å². The van der Waals surface area contributed by atoms with Gasteiger partial charge in [-0.2, -0.15) is 0 Å². The number of rotatable bonds is 3. The van der Waals surface area contributed by atoms with Crippen molar-refractivity contribution in [2.45, 2.75) is 0 Å². The van der Waals surface area contributed by atoms with E-state index in [1.54, 1.807) is 0 Å². The Kier molecular flexibility index (Phi) is 2.72. The molecule has 0 saturated carbocycles. The Balaban J connectivity index is 2.20. The Hall–Kier alpha value is -3.42. The Morgan fingerprint density at radius 2 is 1.59 bits per heavy atom. The summed E-state index contributed by atoms with van der Waals surface area (Å²) < 4.78 is 9.62. The molecule has 0 aliphatic carbocycles. The highest BCUT2D eigenvalue weighted by Crippen LogP contribution is 2.37. The van der Waals surface area contributed by atoms with Crippen LogP contribution in [0.3, 0.4) is 0 Å². The van der Waals surface area contributed by atoms with Crippen molar-refractivity contribution in [2.75, 3.05) is 0 Å². The van der Waals surface area contributed by atoms with Gasteiger partial charge in [-0.15, -0.1) is 10.2 Å². The van der Waals surface area contributed by atoms with Crippen LogP contribution in [0.2, 0.25) is 0 Å². The van der Waals surface area contributed by atoms with Crippen LogP contribution in [0.4, 0.5) is 0 Å². The summed E-state index contributed by atoms with van der Waals surface area (Å²) in [5, 5.41) is 15.6. The number of carbonyl (C=O) groups is 1. The monoisotopic (exact) mass is 293 g/mol. The SMILES string of the molecule is O=Cc1nc2ccccc2c(-c2conn2)c1-c1conn1. The third kappa shape index (κ3) is 1.78. The molecule has 0 spiro atoms.